The molecule has 2 atom stereocenters. The van der Waals surface area contributed by atoms with Crippen molar-refractivity contribution < 1.29 is 0 Å². The van der Waals surface area contributed by atoms with Crippen LogP contribution in [-0.2, 0) is 13.5 Å². The first kappa shape index (κ1) is 14.2. The van der Waals surface area contributed by atoms with Crippen LogP contribution in [0.25, 0.3) is 0 Å². The molecule has 0 amide bonds. The van der Waals surface area contributed by atoms with Crippen LogP contribution in [-0.4, -0.2) is 22.4 Å². The fraction of sp³-hybridized carbons (Fsp3) is 0.786. The molecular weight excluding hydrogens is 210 g/mol. The van der Waals surface area contributed by atoms with E-state index in [4.69, 9.17) is 0 Å². The van der Waals surface area contributed by atoms with Crippen molar-refractivity contribution in [2.75, 3.05) is 6.54 Å². The van der Waals surface area contributed by atoms with Gasteiger partial charge in [-0.15, -0.1) is 0 Å². The Morgan fingerprint density at radius 2 is 2.06 bits per heavy atom. The van der Waals surface area contributed by atoms with Crippen LogP contribution >= 0.6 is 0 Å². The monoisotopic (exact) mass is 237 g/mol. The van der Waals surface area contributed by atoms with E-state index < -0.39 is 0 Å². The van der Waals surface area contributed by atoms with Gasteiger partial charge in [-0.1, -0.05) is 27.7 Å². The van der Waals surface area contributed by atoms with Gasteiger partial charge >= 0.3 is 0 Å². The molecule has 17 heavy (non-hydrogen) atoms. The van der Waals surface area contributed by atoms with E-state index in [0.717, 1.165) is 18.9 Å². The molecular formula is C14H27N3. The summed E-state index contributed by atoms with van der Waals surface area (Å²) in [6, 6.07) is 2.72. The van der Waals surface area contributed by atoms with Gasteiger partial charge in [-0.3, -0.25) is 4.68 Å². The highest BCUT2D eigenvalue weighted by Crippen LogP contribution is 2.18. The molecule has 1 heterocycles. The normalized spacial score (nSPS) is 15.2. The van der Waals surface area contributed by atoms with Gasteiger partial charge in [0.1, 0.15) is 0 Å². The number of aryl methyl sites for hydroxylation is 2. The molecule has 0 bridgehead atoms. The van der Waals surface area contributed by atoms with Crippen molar-refractivity contribution >= 4 is 0 Å². The van der Waals surface area contributed by atoms with Gasteiger partial charge in [-0.25, -0.2) is 0 Å². The number of nitrogens with zero attached hydrogens (tertiary/aromatic N) is 2. The van der Waals surface area contributed by atoms with Crippen LogP contribution < -0.4 is 5.32 Å². The lowest BCUT2D eigenvalue weighted by atomic mass is 9.87. The minimum Gasteiger partial charge on any atom is -0.314 e. The second-order valence-corrected chi connectivity index (χ2v) is 5.25. The van der Waals surface area contributed by atoms with Gasteiger partial charge in [0.15, 0.2) is 0 Å². The van der Waals surface area contributed by atoms with Crippen molar-refractivity contribution in [3.63, 3.8) is 0 Å². The fourth-order valence-electron chi connectivity index (χ4n) is 2.23. The smallest absolute Gasteiger partial charge is 0.0492 e. The zero-order chi connectivity index (χ0) is 12.8. The molecule has 3 nitrogen and oxygen atoms in total. The zero-order valence-corrected chi connectivity index (χ0v) is 11.9. The Bertz CT molecular complexity index is 317. The Labute approximate surface area is 106 Å². The molecule has 0 spiro atoms. The summed E-state index contributed by atoms with van der Waals surface area (Å²) in [7, 11) is 2.02. The summed E-state index contributed by atoms with van der Waals surface area (Å²) < 4.78 is 1.98. The number of nitrogens with one attached hydrogen (secondary N) is 1. The lowest BCUT2D eigenvalue weighted by Crippen LogP contribution is -2.37. The summed E-state index contributed by atoms with van der Waals surface area (Å²) >= 11 is 0. The van der Waals surface area contributed by atoms with Crippen LogP contribution in [0.15, 0.2) is 12.3 Å². The maximum absolute atomic E-state index is 4.22. The second-order valence-electron chi connectivity index (χ2n) is 5.25. The molecule has 0 radical (unpaired) electrons. The topological polar surface area (TPSA) is 29.9 Å². The lowest BCUT2D eigenvalue weighted by Gasteiger charge is -2.27. The molecule has 2 unspecified atom stereocenters. The molecule has 1 N–H and O–H groups in total. The molecule has 0 aromatic carbocycles. The quantitative estimate of drug-likeness (QED) is 0.790. The van der Waals surface area contributed by atoms with Gasteiger partial charge in [0.05, 0.1) is 0 Å². The van der Waals surface area contributed by atoms with Crippen molar-refractivity contribution in [3.05, 3.63) is 18.0 Å². The molecule has 98 valence electrons. The lowest BCUT2D eigenvalue weighted by molar-refractivity contribution is 0.288. The molecule has 3 heteroatoms. The summed E-state index contributed by atoms with van der Waals surface area (Å²) in [5.41, 5.74) is 1.32. The summed E-state index contributed by atoms with van der Waals surface area (Å²) in [6.45, 7) is 10.2. The first-order chi connectivity index (χ1) is 8.06. The van der Waals surface area contributed by atoms with Crippen LogP contribution in [0.1, 0.15) is 39.8 Å². The van der Waals surface area contributed by atoms with Crippen molar-refractivity contribution in [2.45, 2.75) is 46.6 Å². The van der Waals surface area contributed by atoms with Crippen molar-refractivity contribution in [1.29, 1.82) is 0 Å². The fourth-order valence-corrected chi connectivity index (χ4v) is 2.23. The van der Waals surface area contributed by atoms with E-state index in [2.05, 4.69) is 44.2 Å². The molecule has 0 saturated heterocycles. The van der Waals surface area contributed by atoms with Gasteiger partial charge < -0.3 is 5.32 Å². The number of hydrogen-bond acceptors (Lipinski definition) is 2. The van der Waals surface area contributed by atoms with Gasteiger partial charge in [-0.05, 0) is 37.3 Å². The van der Waals surface area contributed by atoms with Gasteiger partial charge in [0.2, 0.25) is 0 Å². The highest BCUT2D eigenvalue weighted by atomic mass is 15.2. The van der Waals surface area contributed by atoms with Gasteiger partial charge in [0.25, 0.3) is 0 Å². The summed E-state index contributed by atoms with van der Waals surface area (Å²) in [5.74, 6) is 1.44. The van der Waals surface area contributed by atoms with E-state index in [-0.39, 0.29) is 0 Å². The third-order valence-corrected chi connectivity index (χ3v) is 3.79. The molecule has 1 aromatic rings. The second kappa shape index (κ2) is 6.80. The number of rotatable bonds is 7. The number of aromatic nitrogens is 2. The van der Waals surface area contributed by atoms with Crippen LogP contribution in [0.2, 0.25) is 0 Å². The number of hydrogen-bond donors (Lipinski definition) is 1. The average Bonchev–Trinajstić information content (AvgIpc) is 2.69. The van der Waals surface area contributed by atoms with Gasteiger partial charge in [-0.2, -0.15) is 5.10 Å². The Morgan fingerprint density at radius 3 is 2.53 bits per heavy atom. The van der Waals surface area contributed by atoms with Crippen LogP contribution in [0, 0.1) is 11.8 Å². The van der Waals surface area contributed by atoms with E-state index in [1.54, 1.807) is 0 Å². The molecule has 0 fully saturated rings. The Kier molecular flexibility index (Phi) is 5.69. The molecule has 0 aliphatic heterocycles. The molecule has 0 saturated carbocycles. The van der Waals surface area contributed by atoms with E-state index in [9.17, 15) is 0 Å². The molecule has 0 aliphatic carbocycles. The Hall–Kier alpha value is -0.830. The third kappa shape index (κ3) is 4.15. The molecule has 0 aliphatic rings. The zero-order valence-electron chi connectivity index (χ0n) is 11.9. The largest absolute Gasteiger partial charge is 0.314 e. The summed E-state index contributed by atoms with van der Waals surface area (Å²) in [4.78, 5) is 0. The first-order valence-electron chi connectivity index (χ1n) is 6.76. The van der Waals surface area contributed by atoms with Crippen LogP contribution in [0.5, 0.6) is 0 Å². The first-order valence-corrected chi connectivity index (χ1v) is 6.76. The third-order valence-electron chi connectivity index (χ3n) is 3.79. The maximum atomic E-state index is 4.22. The average molecular weight is 237 g/mol. The van der Waals surface area contributed by atoms with Crippen molar-refractivity contribution in [3.8, 4) is 0 Å². The van der Waals surface area contributed by atoms with Crippen LogP contribution in [0.4, 0.5) is 0 Å². The highest BCUT2D eigenvalue weighted by molar-refractivity contribution is 5.00. The van der Waals surface area contributed by atoms with Crippen LogP contribution in [0.3, 0.4) is 0 Å². The highest BCUT2D eigenvalue weighted by Gasteiger charge is 2.19. The predicted molar refractivity (Wildman–Crippen MR) is 73.0 cm³/mol. The Balaban J connectivity index is 2.52. The van der Waals surface area contributed by atoms with E-state index in [1.165, 1.54) is 12.1 Å². The summed E-state index contributed by atoms with van der Waals surface area (Å²) in [6.07, 6.45) is 4.17. The molecule has 1 rings (SSSR count). The minimum atomic E-state index is 0.606. The predicted octanol–water partition coefficient (Wildman–Crippen LogP) is 2.62. The SMILES string of the molecule is CCNC(CCc1ccnn1C)C(C)C(C)C. The Morgan fingerprint density at radius 1 is 1.35 bits per heavy atom. The van der Waals surface area contributed by atoms with Crippen molar-refractivity contribution in [1.82, 2.24) is 15.1 Å². The minimum absolute atomic E-state index is 0.606. The van der Waals surface area contributed by atoms with E-state index in [1.807, 2.05) is 17.9 Å². The van der Waals surface area contributed by atoms with E-state index >= 15 is 0 Å². The maximum Gasteiger partial charge on any atom is 0.0492 e. The summed E-state index contributed by atoms with van der Waals surface area (Å²) in [5, 5.41) is 7.83. The van der Waals surface area contributed by atoms with Crippen molar-refractivity contribution in [2.24, 2.45) is 18.9 Å². The van der Waals surface area contributed by atoms with E-state index in [0.29, 0.717) is 12.0 Å². The van der Waals surface area contributed by atoms with Gasteiger partial charge in [0, 0.05) is 25.0 Å². The standard InChI is InChI=1S/C14H27N3/c1-6-15-14(12(4)11(2)3)8-7-13-9-10-16-17(13)5/h9-12,14-15H,6-8H2,1-5H3. The molecule has 1 aromatic heterocycles.